The van der Waals surface area contributed by atoms with Gasteiger partial charge in [-0.3, -0.25) is 0 Å². The van der Waals surface area contributed by atoms with E-state index in [1.54, 1.807) is 11.3 Å². The molecule has 0 amide bonds. The fourth-order valence-electron chi connectivity index (χ4n) is 3.05. The lowest BCUT2D eigenvalue weighted by Gasteiger charge is -2.52. The number of thiazole rings is 1. The average molecular weight is 305 g/mol. The maximum Gasteiger partial charge on any atom is 0.181 e. The van der Waals surface area contributed by atoms with E-state index in [1.807, 2.05) is 6.07 Å². The third-order valence-electron chi connectivity index (χ3n) is 4.57. The van der Waals surface area contributed by atoms with E-state index in [-0.39, 0.29) is 5.41 Å². The molecule has 1 heterocycles. The molecule has 1 aromatic carbocycles. The first-order valence-corrected chi connectivity index (χ1v) is 8.32. The topological polar surface area (TPSA) is 60.2 Å². The molecule has 4 nitrogen and oxygen atoms in total. The predicted molar refractivity (Wildman–Crippen MR) is 88.5 cm³/mol. The Morgan fingerprint density at radius 2 is 2.29 bits per heavy atom. The van der Waals surface area contributed by atoms with Crippen LogP contribution in [-0.2, 0) is 11.3 Å². The minimum atomic E-state index is 0.203. The van der Waals surface area contributed by atoms with Crippen molar-refractivity contribution in [1.29, 1.82) is 0 Å². The molecule has 21 heavy (non-hydrogen) atoms. The summed E-state index contributed by atoms with van der Waals surface area (Å²) in [7, 11) is 0. The van der Waals surface area contributed by atoms with Crippen LogP contribution in [0, 0.1) is 5.41 Å². The van der Waals surface area contributed by atoms with Crippen LogP contribution < -0.4 is 11.1 Å². The fourth-order valence-corrected chi connectivity index (χ4v) is 3.85. The summed E-state index contributed by atoms with van der Waals surface area (Å²) in [6, 6.07) is 6.87. The van der Waals surface area contributed by atoms with Crippen molar-refractivity contribution in [3.63, 3.8) is 0 Å². The number of aromatic nitrogens is 1. The van der Waals surface area contributed by atoms with Gasteiger partial charge in [0.2, 0.25) is 0 Å². The molecule has 1 aliphatic carbocycles. The van der Waals surface area contributed by atoms with Crippen molar-refractivity contribution in [2.45, 2.75) is 45.9 Å². The van der Waals surface area contributed by atoms with Gasteiger partial charge in [0.1, 0.15) is 0 Å². The number of nitrogens with two attached hydrogens (primary N) is 1. The molecule has 1 aliphatic rings. The monoisotopic (exact) mass is 305 g/mol. The van der Waals surface area contributed by atoms with Gasteiger partial charge in [0.05, 0.1) is 16.3 Å². The number of hydrogen-bond donors (Lipinski definition) is 2. The molecule has 0 spiro atoms. The van der Waals surface area contributed by atoms with Crippen LogP contribution in [0.4, 0.5) is 5.13 Å². The van der Waals surface area contributed by atoms with Gasteiger partial charge in [-0.05, 0) is 31.0 Å². The first-order chi connectivity index (χ1) is 10.0. The first-order valence-electron chi connectivity index (χ1n) is 7.50. The van der Waals surface area contributed by atoms with E-state index in [0.29, 0.717) is 17.3 Å². The van der Waals surface area contributed by atoms with E-state index in [1.165, 1.54) is 5.56 Å². The minimum absolute atomic E-state index is 0.203. The summed E-state index contributed by atoms with van der Waals surface area (Å²) < 4.78 is 6.93. The summed E-state index contributed by atoms with van der Waals surface area (Å²) in [5, 5.41) is 4.29. The van der Waals surface area contributed by atoms with Crippen LogP contribution in [0.25, 0.3) is 10.2 Å². The van der Waals surface area contributed by atoms with Gasteiger partial charge >= 0.3 is 0 Å². The highest BCUT2D eigenvalue weighted by Crippen LogP contribution is 2.42. The zero-order chi connectivity index (χ0) is 15.0. The van der Waals surface area contributed by atoms with Gasteiger partial charge in [0, 0.05) is 24.6 Å². The predicted octanol–water partition coefficient (Wildman–Crippen LogP) is 3.17. The zero-order valence-corrected chi connectivity index (χ0v) is 13.7. The lowest BCUT2D eigenvalue weighted by Crippen LogP contribution is -2.60. The molecule has 3 rings (SSSR count). The van der Waals surface area contributed by atoms with Crippen LogP contribution in [0.1, 0.15) is 32.8 Å². The number of nitrogens with zero attached hydrogens (tertiary/aromatic N) is 1. The van der Waals surface area contributed by atoms with E-state index >= 15 is 0 Å². The number of benzene rings is 1. The van der Waals surface area contributed by atoms with Crippen LogP contribution in [0.3, 0.4) is 0 Å². The van der Waals surface area contributed by atoms with E-state index in [4.69, 9.17) is 10.5 Å². The third kappa shape index (κ3) is 2.78. The quantitative estimate of drug-likeness (QED) is 0.891. The summed E-state index contributed by atoms with van der Waals surface area (Å²) in [5.74, 6) is 0. The van der Waals surface area contributed by atoms with E-state index in [2.05, 4.69) is 43.2 Å². The molecule has 0 radical (unpaired) electrons. The van der Waals surface area contributed by atoms with Crippen molar-refractivity contribution in [1.82, 2.24) is 10.3 Å². The molecule has 0 aliphatic heterocycles. The SMILES string of the molecule is CCOC1CC(NCc2ccc3nc(N)sc3c2)C1(C)C. The van der Waals surface area contributed by atoms with Crippen molar-refractivity contribution in [2.75, 3.05) is 12.3 Å². The molecular formula is C16H23N3OS. The van der Waals surface area contributed by atoms with Crippen LogP contribution in [-0.4, -0.2) is 23.7 Å². The Hall–Kier alpha value is -1.17. The van der Waals surface area contributed by atoms with Crippen LogP contribution in [0.2, 0.25) is 0 Å². The third-order valence-corrected chi connectivity index (χ3v) is 5.41. The summed E-state index contributed by atoms with van der Waals surface area (Å²) in [6.07, 6.45) is 1.47. The number of fused-ring (bicyclic) bond motifs is 1. The Kier molecular flexibility index (Phi) is 3.90. The molecule has 1 aromatic heterocycles. The minimum Gasteiger partial charge on any atom is -0.378 e. The van der Waals surface area contributed by atoms with E-state index in [0.717, 1.165) is 29.8 Å². The number of rotatable bonds is 5. The van der Waals surface area contributed by atoms with Gasteiger partial charge in [0.25, 0.3) is 0 Å². The maximum absolute atomic E-state index is 5.78. The summed E-state index contributed by atoms with van der Waals surface area (Å²) >= 11 is 1.55. The Morgan fingerprint density at radius 1 is 1.48 bits per heavy atom. The molecule has 114 valence electrons. The van der Waals surface area contributed by atoms with Crippen molar-refractivity contribution < 1.29 is 4.74 Å². The van der Waals surface area contributed by atoms with Crippen molar-refractivity contribution in [3.05, 3.63) is 23.8 Å². The number of anilines is 1. The van der Waals surface area contributed by atoms with Crippen LogP contribution in [0.15, 0.2) is 18.2 Å². The molecule has 5 heteroatoms. The number of hydrogen-bond acceptors (Lipinski definition) is 5. The first kappa shape index (κ1) is 14.8. The average Bonchev–Trinajstić information content (AvgIpc) is 2.81. The highest BCUT2D eigenvalue weighted by molar-refractivity contribution is 7.22. The molecule has 2 unspecified atom stereocenters. The second-order valence-corrected chi connectivity index (χ2v) is 7.35. The summed E-state index contributed by atoms with van der Waals surface area (Å²) in [5.41, 5.74) is 8.22. The van der Waals surface area contributed by atoms with E-state index < -0.39 is 0 Å². The Balaban J connectivity index is 1.62. The Bertz CT molecular complexity index is 637. The maximum atomic E-state index is 5.78. The highest BCUT2D eigenvalue weighted by atomic mass is 32.1. The van der Waals surface area contributed by atoms with Crippen LogP contribution in [0.5, 0.6) is 0 Å². The lowest BCUT2D eigenvalue weighted by molar-refractivity contribution is -0.114. The smallest absolute Gasteiger partial charge is 0.181 e. The van der Waals surface area contributed by atoms with Gasteiger partial charge < -0.3 is 15.8 Å². The second kappa shape index (κ2) is 5.55. The van der Waals surface area contributed by atoms with Gasteiger partial charge in [-0.1, -0.05) is 31.3 Å². The Morgan fingerprint density at radius 3 is 3.00 bits per heavy atom. The van der Waals surface area contributed by atoms with E-state index in [9.17, 15) is 0 Å². The van der Waals surface area contributed by atoms with Crippen molar-refractivity contribution >= 4 is 26.7 Å². The molecule has 1 saturated carbocycles. The fraction of sp³-hybridized carbons (Fsp3) is 0.562. The highest BCUT2D eigenvalue weighted by Gasteiger charge is 2.48. The van der Waals surface area contributed by atoms with Gasteiger partial charge in [-0.2, -0.15) is 0 Å². The lowest BCUT2D eigenvalue weighted by atomic mass is 9.64. The summed E-state index contributed by atoms with van der Waals surface area (Å²) in [6.45, 7) is 8.29. The molecule has 2 atom stereocenters. The number of nitrogens with one attached hydrogen (secondary N) is 1. The molecule has 0 saturated heterocycles. The molecular weight excluding hydrogens is 282 g/mol. The largest absolute Gasteiger partial charge is 0.378 e. The molecule has 0 bridgehead atoms. The number of nitrogen functional groups attached to an aromatic ring is 1. The zero-order valence-electron chi connectivity index (χ0n) is 12.8. The van der Waals surface area contributed by atoms with Crippen LogP contribution >= 0.6 is 11.3 Å². The normalized spacial score (nSPS) is 24.1. The van der Waals surface area contributed by atoms with Crippen molar-refractivity contribution in [2.24, 2.45) is 5.41 Å². The number of ether oxygens (including phenoxy) is 1. The standard InChI is InChI=1S/C16H23N3OS/c1-4-20-14-8-13(16(14,2)3)18-9-10-5-6-11-12(7-10)21-15(17)19-11/h5-7,13-14,18H,4,8-9H2,1-3H3,(H2,17,19). The molecule has 3 N–H and O–H groups in total. The summed E-state index contributed by atoms with van der Waals surface area (Å²) in [4.78, 5) is 4.29. The van der Waals surface area contributed by atoms with Gasteiger partial charge in [0.15, 0.2) is 5.13 Å². The molecule has 2 aromatic rings. The Labute approximate surface area is 129 Å². The van der Waals surface area contributed by atoms with Gasteiger partial charge in [-0.15, -0.1) is 0 Å². The van der Waals surface area contributed by atoms with Crippen molar-refractivity contribution in [3.8, 4) is 0 Å². The molecule has 1 fully saturated rings. The van der Waals surface area contributed by atoms with Gasteiger partial charge in [-0.25, -0.2) is 4.98 Å². The second-order valence-electron chi connectivity index (χ2n) is 6.29.